The highest BCUT2D eigenvalue weighted by molar-refractivity contribution is 6.05. The monoisotopic (exact) mass is 658 g/mol. The first-order chi connectivity index (χ1) is 23.4. The molecule has 0 spiro atoms. The summed E-state index contributed by atoms with van der Waals surface area (Å²) >= 11 is 0. The van der Waals surface area contributed by atoms with Gasteiger partial charge in [0.15, 0.2) is 0 Å². The maximum absolute atomic E-state index is 12.0. The Labute approximate surface area is 284 Å². The number of nitrogens with zero attached hydrogens (tertiary/aromatic N) is 2. The van der Waals surface area contributed by atoms with E-state index in [0.717, 1.165) is 23.4 Å². The van der Waals surface area contributed by atoms with Crippen LogP contribution in [0.1, 0.15) is 61.8 Å². The quantitative estimate of drug-likeness (QED) is 0.0594. The summed E-state index contributed by atoms with van der Waals surface area (Å²) < 4.78 is 16.0. The van der Waals surface area contributed by atoms with E-state index < -0.39 is 5.97 Å². The van der Waals surface area contributed by atoms with Crippen molar-refractivity contribution in [2.24, 2.45) is 9.98 Å². The zero-order valence-corrected chi connectivity index (χ0v) is 29.0. The van der Waals surface area contributed by atoms with E-state index in [1.807, 2.05) is 76.2 Å². The highest BCUT2D eigenvalue weighted by atomic mass is 16.5. The van der Waals surface area contributed by atoms with E-state index in [4.69, 9.17) is 19.2 Å². The summed E-state index contributed by atoms with van der Waals surface area (Å²) in [6, 6.07) is 25.8. The molecule has 0 aliphatic rings. The van der Waals surface area contributed by atoms with Gasteiger partial charge in [-0.05, 0) is 74.4 Å². The number of ether oxygens (including phenoxy) is 3. The van der Waals surface area contributed by atoms with Crippen molar-refractivity contribution in [3.8, 4) is 0 Å². The second kappa shape index (κ2) is 23.3. The van der Waals surface area contributed by atoms with Crippen molar-refractivity contribution in [1.82, 2.24) is 10.6 Å². The lowest BCUT2D eigenvalue weighted by molar-refractivity contribution is 0.0512. The number of allylic oxidation sites excluding steroid dienone is 1. The fourth-order valence-corrected chi connectivity index (χ4v) is 3.94. The van der Waals surface area contributed by atoms with Gasteiger partial charge in [0.05, 0.1) is 51.5 Å². The summed E-state index contributed by atoms with van der Waals surface area (Å²) in [5.41, 5.74) is 3.78. The fraction of sp³-hybridized carbons (Fsp3) is 0.351. The molecule has 0 aliphatic carbocycles. The van der Waals surface area contributed by atoms with E-state index in [-0.39, 0.29) is 5.91 Å². The van der Waals surface area contributed by atoms with Crippen LogP contribution in [0.3, 0.4) is 0 Å². The van der Waals surface area contributed by atoms with Crippen LogP contribution in [-0.4, -0.2) is 70.3 Å². The molecule has 0 aromatic heterocycles. The summed E-state index contributed by atoms with van der Waals surface area (Å²) in [4.78, 5) is 33.4. The number of esters is 1. The molecule has 258 valence electrons. The first-order valence-corrected chi connectivity index (χ1v) is 16.2. The van der Waals surface area contributed by atoms with E-state index in [0.29, 0.717) is 68.3 Å². The predicted octanol–water partition coefficient (Wildman–Crippen LogP) is 6.49. The van der Waals surface area contributed by atoms with Gasteiger partial charge in [-0.2, -0.15) is 4.99 Å². The molecule has 0 saturated heterocycles. The van der Waals surface area contributed by atoms with E-state index in [9.17, 15) is 9.59 Å². The minimum atomic E-state index is -0.404. The summed E-state index contributed by atoms with van der Waals surface area (Å²) in [6.07, 6.45) is 0.802. The smallest absolute Gasteiger partial charge is 0.337 e. The molecule has 1 amide bonds. The van der Waals surface area contributed by atoms with E-state index in [1.54, 1.807) is 36.4 Å². The van der Waals surface area contributed by atoms with E-state index in [2.05, 4.69) is 33.2 Å². The Morgan fingerprint density at radius 1 is 0.729 bits per heavy atom. The van der Waals surface area contributed by atoms with E-state index >= 15 is 0 Å². The van der Waals surface area contributed by atoms with E-state index in [1.165, 1.54) is 7.11 Å². The molecule has 0 saturated carbocycles. The Bertz CT molecular complexity index is 1460. The number of nitrogens with one attached hydrogen (secondary N) is 4. The van der Waals surface area contributed by atoms with Gasteiger partial charge < -0.3 is 35.5 Å². The molecule has 0 atom stereocenters. The van der Waals surface area contributed by atoms with Crippen LogP contribution >= 0.6 is 0 Å². The molecule has 11 nitrogen and oxygen atoms in total. The number of amides is 1. The van der Waals surface area contributed by atoms with Crippen LogP contribution in [0.2, 0.25) is 0 Å². The van der Waals surface area contributed by atoms with Crippen LogP contribution in [-0.2, 0) is 14.2 Å². The first kappa shape index (κ1) is 39.2. The van der Waals surface area contributed by atoms with Gasteiger partial charge >= 0.3 is 5.97 Å². The van der Waals surface area contributed by atoms with Crippen LogP contribution in [0, 0.1) is 0 Å². The summed E-state index contributed by atoms with van der Waals surface area (Å²) in [7, 11) is 1.35. The van der Waals surface area contributed by atoms with Crippen molar-refractivity contribution in [2.75, 3.05) is 57.3 Å². The van der Waals surface area contributed by atoms with Crippen LogP contribution in [0.15, 0.2) is 106 Å². The molecule has 0 bridgehead atoms. The standard InChI is InChI=1S/C35H44N6O5.C2H6/c1-5-26(2)32(39-30-14-10-7-11-15-30)41-35(40-31-18-16-29(17-19-31)34(43)44-4)38-27(3)36-20-22-45-24-25-46-23-21-37-33(42)28-12-8-6-9-13-28;1-2/h6-19,39H,5,20-25H2,1-4H3,(H,37,42)(H2,36,38,40,41);1-2H3/b32-26+;. The van der Waals surface area contributed by atoms with Gasteiger partial charge in [0.25, 0.3) is 5.91 Å². The normalized spacial score (nSPS) is 11.8. The van der Waals surface area contributed by atoms with Crippen molar-refractivity contribution < 1.29 is 23.8 Å². The van der Waals surface area contributed by atoms with Crippen LogP contribution in [0.4, 0.5) is 11.4 Å². The van der Waals surface area contributed by atoms with Gasteiger partial charge in [-0.15, -0.1) is 0 Å². The third kappa shape index (κ3) is 15.1. The number of para-hydroxylation sites is 1. The van der Waals surface area contributed by atoms with Crippen molar-refractivity contribution in [3.63, 3.8) is 0 Å². The highest BCUT2D eigenvalue weighted by Crippen LogP contribution is 2.16. The largest absolute Gasteiger partial charge is 0.465 e. The number of hydrogen-bond donors (Lipinski definition) is 4. The number of carbonyl (C=O) groups excluding carboxylic acids is 2. The molecule has 4 N–H and O–H groups in total. The maximum atomic E-state index is 12.0. The second-order valence-corrected chi connectivity index (χ2v) is 10.1. The van der Waals surface area contributed by atoms with Gasteiger partial charge in [0.2, 0.25) is 5.96 Å². The molecule has 11 heteroatoms. The topological polar surface area (TPSA) is 135 Å². The van der Waals surface area contributed by atoms with Crippen LogP contribution in [0.5, 0.6) is 0 Å². The van der Waals surface area contributed by atoms with Crippen LogP contribution < -0.4 is 21.3 Å². The molecule has 3 rings (SSSR count). The van der Waals surface area contributed by atoms with Gasteiger partial charge in [0.1, 0.15) is 5.82 Å². The average Bonchev–Trinajstić information content (AvgIpc) is 3.13. The Morgan fingerprint density at radius 2 is 1.33 bits per heavy atom. The number of anilines is 2. The van der Waals surface area contributed by atoms with Gasteiger partial charge in [-0.3, -0.25) is 9.79 Å². The number of amidine groups is 1. The number of aliphatic imine (C=N–C) groups is 2. The zero-order valence-electron chi connectivity index (χ0n) is 29.0. The lowest BCUT2D eigenvalue weighted by Crippen LogP contribution is -2.35. The molecule has 0 radical (unpaired) electrons. The van der Waals surface area contributed by atoms with Crippen LogP contribution in [0.25, 0.3) is 0 Å². The molecule has 0 unspecified atom stereocenters. The fourth-order valence-electron chi connectivity index (χ4n) is 3.94. The minimum Gasteiger partial charge on any atom is -0.465 e. The van der Waals surface area contributed by atoms with Gasteiger partial charge in [-0.1, -0.05) is 57.2 Å². The van der Waals surface area contributed by atoms with Gasteiger partial charge in [-0.25, -0.2) is 4.79 Å². The molecule has 3 aromatic carbocycles. The summed E-state index contributed by atoms with van der Waals surface area (Å²) in [6.45, 7) is 12.5. The summed E-state index contributed by atoms with van der Waals surface area (Å²) in [5, 5.41) is 12.8. The molecule has 48 heavy (non-hydrogen) atoms. The summed E-state index contributed by atoms with van der Waals surface area (Å²) in [5.74, 6) is 1.26. The molecule has 0 heterocycles. The lowest BCUT2D eigenvalue weighted by Gasteiger charge is -2.16. The number of methoxy groups -OCH3 is 1. The second-order valence-electron chi connectivity index (χ2n) is 10.1. The Balaban J connectivity index is 0.00000392. The maximum Gasteiger partial charge on any atom is 0.337 e. The molecule has 0 fully saturated rings. The van der Waals surface area contributed by atoms with Crippen molar-refractivity contribution in [1.29, 1.82) is 0 Å². The third-order valence-electron chi connectivity index (χ3n) is 6.59. The lowest BCUT2D eigenvalue weighted by atomic mass is 10.2. The first-order valence-electron chi connectivity index (χ1n) is 16.2. The van der Waals surface area contributed by atoms with Crippen molar-refractivity contribution in [2.45, 2.75) is 41.0 Å². The molecular weight excluding hydrogens is 608 g/mol. The molecule has 3 aromatic rings. The number of hydrogen-bond acceptors (Lipinski definition) is 8. The Morgan fingerprint density at radius 3 is 1.96 bits per heavy atom. The highest BCUT2D eigenvalue weighted by Gasteiger charge is 2.09. The number of carbonyl (C=O) groups is 2. The Kier molecular flexibility index (Phi) is 19.1. The molecular formula is C37H50N6O5. The van der Waals surface area contributed by atoms with Crippen molar-refractivity contribution in [3.05, 3.63) is 107 Å². The number of benzene rings is 3. The zero-order chi connectivity index (χ0) is 35.0. The minimum absolute atomic E-state index is 0.123. The van der Waals surface area contributed by atoms with Gasteiger partial charge in [0, 0.05) is 23.5 Å². The average molecular weight is 659 g/mol. The van der Waals surface area contributed by atoms with Crippen molar-refractivity contribution >= 4 is 35.0 Å². The molecule has 0 aliphatic heterocycles. The third-order valence-corrected chi connectivity index (χ3v) is 6.59. The SMILES string of the molecule is CC.CC/C(C)=C(/N=C(\NC(C)=NCCOCCOCCNC(=O)c1ccccc1)Nc1ccc(C(=O)OC)cc1)Nc1ccccc1. The predicted molar refractivity (Wildman–Crippen MR) is 195 cm³/mol. The number of guanidine groups is 1. The Hall–Kier alpha value is -5.00. The number of rotatable bonds is 16.